The monoisotopic (exact) mass is 463 g/mol. The predicted molar refractivity (Wildman–Crippen MR) is 123 cm³/mol. The zero-order valence-electron chi connectivity index (χ0n) is 17.4. The largest absolute Gasteiger partial charge is 0.480 e. The van der Waals surface area contributed by atoms with Crippen molar-refractivity contribution in [1.29, 1.82) is 0 Å². The zero-order valence-corrected chi connectivity index (χ0v) is 18.2. The SMILES string of the molecule is COc1ncc(-c2ccc3nccc(C#CCO)c3c2)cc1NS(=O)(=O)c1ccc(F)cc1. The molecular weight excluding hydrogens is 445 g/mol. The first-order valence-corrected chi connectivity index (χ1v) is 11.2. The second-order valence-electron chi connectivity index (χ2n) is 6.89. The molecule has 166 valence electrons. The third-order valence-electron chi connectivity index (χ3n) is 4.79. The molecule has 0 aliphatic carbocycles. The zero-order chi connectivity index (χ0) is 23.4. The first-order valence-electron chi connectivity index (χ1n) is 9.72. The summed E-state index contributed by atoms with van der Waals surface area (Å²) in [6.45, 7) is -0.260. The quantitative estimate of drug-likeness (QED) is 0.439. The number of sulfonamides is 1. The van der Waals surface area contributed by atoms with Gasteiger partial charge in [0.25, 0.3) is 10.0 Å². The summed E-state index contributed by atoms with van der Waals surface area (Å²) in [6.07, 6.45) is 3.20. The Bertz CT molecular complexity index is 1490. The second kappa shape index (κ2) is 9.24. The molecule has 0 aliphatic rings. The number of benzene rings is 2. The minimum atomic E-state index is -4.00. The van der Waals surface area contributed by atoms with E-state index in [1.54, 1.807) is 24.5 Å². The van der Waals surface area contributed by atoms with Gasteiger partial charge in [0.2, 0.25) is 5.88 Å². The highest BCUT2D eigenvalue weighted by molar-refractivity contribution is 7.92. The van der Waals surface area contributed by atoms with Crippen LogP contribution in [0.25, 0.3) is 22.0 Å². The molecule has 0 atom stereocenters. The van der Waals surface area contributed by atoms with Crippen LogP contribution in [0.2, 0.25) is 0 Å². The van der Waals surface area contributed by atoms with Crippen LogP contribution in [0.3, 0.4) is 0 Å². The molecule has 0 bridgehead atoms. The summed E-state index contributed by atoms with van der Waals surface area (Å²) in [5, 5.41) is 9.79. The van der Waals surface area contributed by atoms with Gasteiger partial charge in [-0.15, -0.1) is 0 Å². The average Bonchev–Trinajstić information content (AvgIpc) is 2.82. The normalized spacial score (nSPS) is 11.0. The number of aliphatic hydroxyl groups is 1. The lowest BCUT2D eigenvalue weighted by molar-refractivity contribution is 0.350. The third kappa shape index (κ3) is 4.77. The second-order valence-corrected chi connectivity index (χ2v) is 8.57. The molecule has 2 aromatic heterocycles. The van der Waals surface area contributed by atoms with Crippen molar-refractivity contribution in [3.8, 4) is 28.8 Å². The molecule has 0 spiro atoms. The number of anilines is 1. The van der Waals surface area contributed by atoms with Gasteiger partial charge in [-0.05, 0) is 54.1 Å². The summed E-state index contributed by atoms with van der Waals surface area (Å²) >= 11 is 0. The molecule has 0 saturated carbocycles. The Morgan fingerprint density at radius 2 is 1.85 bits per heavy atom. The summed E-state index contributed by atoms with van der Waals surface area (Å²) in [4.78, 5) is 8.47. The third-order valence-corrected chi connectivity index (χ3v) is 6.17. The van der Waals surface area contributed by atoms with E-state index in [-0.39, 0.29) is 23.1 Å². The molecule has 7 nitrogen and oxygen atoms in total. The fraction of sp³-hybridized carbons (Fsp3) is 0.0833. The summed E-state index contributed by atoms with van der Waals surface area (Å²) < 4.78 is 46.5. The smallest absolute Gasteiger partial charge is 0.262 e. The van der Waals surface area contributed by atoms with E-state index < -0.39 is 15.8 Å². The number of nitrogens with zero attached hydrogens (tertiary/aromatic N) is 2. The molecule has 2 heterocycles. The van der Waals surface area contributed by atoms with Gasteiger partial charge < -0.3 is 9.84 Å². The molecular formula is C24H18FN3O4S. The van der Waals surface area contributed by atoms with Crippen LogP contribution in [0.15, 0.2) is 71.9 Å². The Kier molecular flexibility index (Phi) is 6.22. The number of halogens is 1. The van der Waals surface area contributed by atoms with Gasteiger partial charge in [-0.2, -0.15) is 0 Å². The summed E-state index contributed by atoms with van der Waals surface area (Å²) in [5.74, 6) is 5.09. The molecule has 4 rings (SSSR count). The van der Waals surface area contributed by atoms with E-state index in [1.165, 1.54) is 19.2 Å². The molecule has 0 amide bonds. The van der Waals surface area contributed by atoms with Crippen molar-refractivity contribution in [2.45, 2.75) is 4.90 Å². The Morgan fingerprint density at radius 1 is 1.06 bits per heavy atom. The number of ether oxygens (including phenoxy) is 1. The Morgan fingerprint density at radius 3 is 2.58 bits per heavy atom. The highest BCUT2D eigenvalue weighted by Gasteiger charge is 2.18. The highest BCUT2D eigenvalue weighted by atomic mass is 32.2. The standard InChI is InChI=1S/C24H18FN3O4S/c1-32-24-23(28-33(30,31)20-7-5-19(25)6-8-20)14-18(15-27-24)17-4-9-22-21(13-17)16(3-2-12-29)10-11-26-22/h4-11,13-15,28-29H,12H2,1H3. The summed E-state index contributed by atoms with van der Waals surface area (Å²) in [6, 6.07) is 13.4. The molecule has 0 unspecified atom stereocenters. The molecule has 0 radical (unpaired) electrons. The van der Waals surface area contributed by atoms with E-state index in [0.717, 1.165) is 28.6 Å². The number of fused-ring (bicyclic) bond motifs is 1. The van der Waals surface area contributed by atoms with Crippen molar-refractivity contribution in [2.75, 3.05) is 18.4 Å². The molecule has 2 N–H and O–H groups in total. The molecule has 4 aromatic rings. The van der Waals surface area contributed by atoms with Gasteiger partial charge in [0.15, 0.2) is 0 Å². The van der Waals surface area contributed by atoms with E-state index in [2.05, 4.69) is 26.5 Å². The lowest BCUT2D eigenvalue weighted by atomic mass is 10.0. The number of aromatic nitrogens is 2. The van der Waals surface area contributed by atoms with Crippen molar-refractivity contribution in [3.63, 3.8) is 0 Å². The van der Waals surface area contributed by atoms with Gasteiger partial charge in [0.1, 0.15) is 18.1 Å². The van der Waals surface area contributed by atoms with Crippen molar-refractivity contribution >= 4 is 26.6 Å². The number of hydrogen-bond donors (Lipinski definition) is 2. The lowest BCUT2D eigenvalue weighted by Gasteiger charge is -2.13. The Hall–Kier alpha value is -4.00. The van der Waals surface area contributed by atoms with Crippen LogP contribution in [0.5, 0.6) is 5.88 Å². The first-order chi connectivity index (χ1) is 15.9. The topological polar surface area (TPSA) is 101 Å². The molecule has 9 heteroatoms. The van der Waals surface area contributed by atoms with Crippen molar-refractivity contribution in [2.24, 2.45) is 0 Å². The van der Waals surface area contributed by atoms with Gasteiger partial charge in [0.05, 0.1) is 17.5 Å². The van der Waals surface area contributed by atoms with Crippen LogP contribution in [0.1, 0.15) is 5.56 Å². The minimum Gasteiger partial charge on any atom is -0.480 e. The van der Waals surface area contributed by atoms with Gasteiger partial charge in [0, 0.05) is 28.9 Å². The highest BCUT2D eigenvalue weighted by Crippen LogP contribution is 2.32. The van der Waals surface area contributed by atoms with Crippen molar-refractivity contribution in [3.05, 3.63) is 78.4 Å². The number of hydrogen-bond acceptors (Lipinski definition) is 6. The minimum absolute atomic E-state index is 0.0846. The van der Waals surface area contributed by atoms with Crippen molar-refractivity contribution < 1.29 is 22.7 Å². The van der Waals surface area contributed by atoms with E-state index in [9.17, 15) is 12.8 Å². The molecule has 33 heavy (non-hydrogen) atoms. The van der Waals surface area contributed by atoms with E-state index in [0.29, 0.717) is 11.1 Å². The number of rotatable bonds is 5. The Labute approximate surface area is 190 Å². The molecule has 0 saturated heterocycles. The van der Waals surface area contributed by atoms with E-state index >= 15 is 0 Å². The lowest BCUT2D eigenvalue weighted by Crippen LogP contribution is -2.14. The number of aliphatic hydroxyl groups excluding tert-OH is 1. The molecule has 0 aliphatic heterocycles. The molecule has 0 fully saturated rings. The van der Waals surface area contributed by atoms with Crippen LogP contribution < -0.4 is 9.46 Å². The maximum Gasteiger partial charge on any atom is 0.262 e. The summed E-state index contributed by atoms with van der Waals surface area (Å²) in [7, 11) is -2.62. The average molecular weight is 463 g/mol. The fourth-order valence-corrected chi connectivity index (χ4v) is 4.28. The number of pyridine rings is 2. The van der Waals surface area contributed by atoms with Gasteiger partial charge in [-0.1, -0.05) is 17.9 Å². The van der Waals surface area contributed by atoms with Crippen LogP contribution >= 0.6 is 0 Å². The Balaban J connectivity index is 1.76. The van der Waals surface area contributed by atoms with Crippen molar-refractivity contribution in [1.82, 2.24) is 9.97 Å². The fourth-order valence-electron chi connectivity index (χ4n) is 3.23. The van der Waals surface area contributed by atoms with Gasteiger partial charge >= 0.3 is 0 Å². The van der Waals surface area contributed by atoms with Gasteiger partial charge in [-0.25, -0.2) is 17.8 Å². The van der Waals surface area contributed by atoms with Crippen LogP contribution in [-0.4, -0.2) is 37.2 Å². The van der Waals surface area contributed by atoms with Crippen LogP contribution in [0.4, 0.5) is 10.1 Å². The maximum absolute atomic E-state index is 13.2. The maximum atomic E-state index is 13.2. The first kappa shape index (κ1) is 22.2. The number of methoxy groups -OCH3 is 1. The van der Waals surface area contributed by atoms with Crippen LogP contribution in [0, 0.1) is 17.7 Å². The van der Waals surface area contributed by atoms with Crippen LogP contribution in [-0.2, 0) is 10.0 Å². The van der Waals surface area contributed by atoms with E-state index in [1.807, 2.05) is 18.2 Å². The number of nitrogens with one attached hydrogen (secondary N) is 1. The molecule has 2 aromatic carbocycles. The van der Waals surface area contributed by atoms with Gasteiger partial charge in [-0.3, -0.25) is 9.71 Å². The predicted octanol–water partition coefficient (Wildman–Crippen LogP) is 3.59. The summed E-state index contributed by atoms with van der Waals surface area (Å²) in [5.41, 5.74) is 2.93. The van der Waals surface area contributed by atoms with E-state index in [4.69, 9.17) is 9.84 Å².